The Morgan fingerprint density at radius 3 is 1.33 bits per heavy atom. The zero-order valence-electron chi connectivity index (χ0n) is 30.1. The second-order valence-electron chi connectivity index (χ2n) is 14.4. The zero-order chi connectivity index (χ0) is 35.9. The Morgan fingerprint density at radius 1 is 0.315 bits per heavy atom. The second kappa shape index (κ2) is 11.7. The van der Waals surface area contributed by atoms with Gasteiger partial charge in [-0.1, -0.05) is 97.1 Å². The summed E-state index contributed by atoms with van der Waals surface area (Å²) in [6, 6.07) is 66.3. The Hall–Kier alpha value is -7.04. The highest BCUT2D eigenvalue weighted by molar-refractivity contribution is 6.13. The number of fused-ring (bicyclic) bond motifs is 9. The highest BCUT2D eigenvalue weighted by Crippen LogP contribution is 2.40. The van der Waals surface area contributed by atoms with Crippen LogP contribution in [0.5, 0.6) is 0 Å². The number of aromatic nitrogens is 3. The molecule has 0 saturated carbocycles. The Labute approximate surface area is 312 Å². The molecule has 0 bridgehead atoms. The molecule has 0 aliphatic heterocycles. The molecule has 0 aliphatic carbocycles. The lowest BCUT2D eigenvalue weighted by Gasteiger charge is -2.25. The number of rotatable bonds is 5. The summed E-state index contributed by atoms with van der Waals surface area (Å²) in [5.41, 5.74) is 14.3. The summed E-state index contributed by atoms with van der Waals surface area (Å²) in [4.78, 5) is 2.33. The third-order valence-corrected chi connectivity index (χ3v) is 11.4. The van der Waals surface area contributed by atoms with E-state index in [9.17, 15) is 0 Å². The summed E-state index contributed by atoms with van der Waals surface area (Å²) < 4.78 is 7.07. The monoisotopic (exact) mass is 692 g/mol. The number of hydrogen-bond donors (Lipinski definition) is 0. The zero-order valence-corrected chi connectivity index (χ0v) is 30.1. The molecule has 54 heavy (non-hydrogen) atoms. The van der Waals surface area contributed by atoms with E-state index < -0.39 is 0 Å². The molecule has 4 heteroatoms. The Morgan fingerprint density at radius 2 is 0.778 bits per heavy atom. The summed E-state index contributed by atoms with van der Waals surface area (Å²) in [6.45, 7) is 0. The van der Waals surface area contributed by atoms with Gasteiger partial charge in [-0.15, -0.1) is 0 Å². The molecule has 0 N–H and O–H groups in total. The molecule has 11 aromatic rings. The van der Waals surface area contributed by atoms with Crippen molar-refractivity contribution in [2.75, 3.05) is 4.90 Å². The molecule has 0 amide bonds. The van der Waals surface area contributed by atoms with Crippen molar-refractivity contribution in [1.82, 2.24) is 13.7 Å². The summed E-state index contributed by atoms with van der Waals surface area (Å²) in [6.07, 6.45) is 0. The third kappa shape index (κ3) is 4.50. The maximum Gasteiger partial charge on any atom is 0.0541 e. The smallest absolute Gasteiger partial charge is 0.0541 e. The quantitative estimate of drug-likeness (QED) is 0.176. The first-order chi connectivity index (χ1) is 26.6. The van der Waals surface area contributed by atoms with E-state index >= 15 is 0 Å². The van der Waals surface area contributed by atoms with E-state index in [1.807, 2.05) is 0 Å². The first kappa shape index (κ1) is 30.6. The SMILES string of the molecule is Cn1c2ccc(-c3ccc4c(c3)c3ccc(-n5c6ccccc6c6ccccc65)cc3n4C)cc2c2ccc(N(c3ccccc3)c3ccccc3)cc21. The fourth-order valence-corrected chi connectivity index (χ4v) is 8.84. The van der Waals surface area contributed by atoms with E-state index in [2.05, 4.69) is 215 Å². The van der Waals surface area contributed by atoms with Crippen LogP contribution in [0.3, 0.4) is 0 Å². The van der Waals surface area contributed by atoms with Crippen LogP contribution >= 0.6 is 0 Å². The van der Waals surface area contributed by atoms with Gasteiger partial charge in [-0.05, 0) is 96.1 Å². The molecule has 3 heterocycles. The Bertz CT molecular complexity index is 3140. The van der Waals surface area contributed by atoms with E-state index in [-0.39, 0.29) is 0 Å². The summed E-state index contributed by atoms with van der Waals surface area (Å²) in [5.74, 6) is 0. The minimum Gasteiger partial charge on any atom is -0.344 e. The second-order valence-corrected chi connectivity index (χ2v) is 14.4. The first-order valence-corrected chi connectivity index (χ1v) is 18.6. The molecule has 11 rings (SSSR count). The molecule has 0 aliphatic rings. The molecule has 8 aromatic carbocycles. The van der Waals surface area contributed by atoms with Gasteiger partial charge in [0.1, 0.15) is 0 Å². The Kier molecular flexibility index (Phi) is 6.65. The van der Waals surface area contributed by atoms with Crippen LogP contribution in [0.15, 0.2) is 182 Å². The maximum absolute atomic E-state index is 2.40. The molecule has 0 spiro atoms. The van der Waals surface area contributed by atoms with Crippen LogP contribution in [0.25, 0.3) is 82.2 Å². The van der Waals surface area contributed by atoms with E-state index in [4.69, 9.17) is 0 Å². The van der Waals surface area contributed by atoms with Gasteiger partial charge in [-0.2, -0.15) is 0 Å². The van der Waals surface area contributed by atoms with Gasteiger partial charge in [0.05, 0.1) is 22.1 Å². The molecular formula is C50H36N4. The molecular weight excluding hydrogens is 657 g/mol. The van der Waals surface area contributed by atoms with Gasteiger partial charge < -0.3 is 18.6 Å². The van der Waals surface area contributed by atoms with Crippen LogP contribution in [0.2, 0.25) is 0 Å². The van der Waals surface area contributed by atoms with Gasteiger partial charge in [-0.3, -0.25) is 0 Å². The van der Waals surface area contributed by atoms with Crippen LogP contribution in [-0.4, -0.2) is 13.7 Å². The number of para-hydroxylation sites is 4. The average molecular weight is 693 g/mol. The van der Waals surface area contributed by atoms with Crippen molar-refractivity contribution in [1.29, 1.82) is 0 Å². The molecule has 0 radical (unpaired) electrons. The highest BCUT2D eigenvalue weighted by atomic mass is 15.1. The predicted molar refractivity (Wildman–Crippen MR) is 229 cm³/mol. The predicted octanol–water partition coefficient (Wildman–Crippen LogP) is 13.2. The summed E-state index contributed by atoms with van der Waals surface area (Å²) >= 11 is 0. The number of nitrogens with zero attached hydrogens (tertiary/aromatic N) is 4. The standard InChI is InChI=1S/C50H36N4/c1-51-45-27-21-33(29-43(45)41-25-23-37(31-49(41)51)53(35-13-5-3-6-14-35)36-15-7-4-8-16-36)34-22-28-46-44(30-34)42-26-24-38(32-50(42)52(46)2)54-47-19-11-9-17-39(47)40-18-10-12-20-48(40)54/h3-32H,1-2H3. The maximum atomic E-state index is 2.40. The third-order valence-electron chi connectivity index (χ3n) is 11.4. The normalized spacial score (nSPS) is 11.9. The van der Waals surface area contributed by atoms with E-state index in [1.54, 1.807) is 0 Å². The summed E-state index contributed by atoms with van der Waals surface area (Å²) in [5, 5.41) is 7.60. The average Bonchev–Trinajstić information content (AvgIpc) is 3.82. The van der Waals surface area contributed by atoms with Crippen LogP contribution in [0, 0.1) is 0 Å². The minimum atomic E-state index is 1.13. The molecule has 0 saturated heterocycles. The topological polar surface area (TPSA) is 18.0 Å². The van der Waals surface area contributed by atoms with E-state index in [0.29, 0.717) is 0 Å². The van der Waals surface area contributed by atoms with Crippen molar-refractivity contribution in [2.45, 2.75) is 0 Å². The number of aryl methyl sites for hydroxylation is 2. The number of benzene rings is 8. The van der Waals surface area contributed by atoms with Gasteiger partial charge in [-0.25, -0.2) is 0 Å². The number of hydrogen-bond acceptors (Lipinski definition) is 1. The minimum absolute atomic E-state index is 1.13. The van der Waals surface area contributed by atoms with Crippen molar-refractivity contribution in [3.63, 3.8) is 0 Å². The largest absolute Gasteiger partial charge is 0.344 e. The van der Waals surface area contributed by atoms with Crippen LogP contribution in [0.1, 0.15) is 0 Å². The van der Waals surface area contributed by atoms with Crippen molar-refractivity contribution in [3.8, 4) is 16.8 Å². The fraction of sp³-hybridized carbons (Fsp3) is 0.0400. The van der Waals surface area contributed by atoms with Crippen LogP contribution in [0.4, 0.5) is 17.1 Å². The molecule has 3 aromatic heterocycles. The van der Waals surface area contributed by atoms with Gasteiger partial charge in [0.25, 0.3) is 0 Å². The summed E-state index contributed by atoms with van der Waals surface area (Å²) in [7, 11) is 4.37. The van der Waals surface area contributed by atoms with Crippen LogP contribution in [-0.2, 0) is 14.1 Å². The fourth-order valence-electron chi connectivity index (χ4n) is 8.84. The lowest BCUT2D eigenvalue weighted by atomic mass is 10.0. The lowest BCUT2D eigenvalue weighted by Crippen LogP contribution is -2.09. The van der Waals surface area contributed by atoms with Gasteiger partial charge in [0, 0.05) is 80.2 Å². The highest BCUT2D eigenvalue weighted by Gasteiger charge is 2.18. The van der Waals surface area contributed by atoms with Gasteiger partial charge in [0.2, 0.25) is 0 Å². The molecule has 4 nitrogen and oxygen atoms in total. The lowest BCUT2D eigenvalue weighted by molar-refractivity contribution is 1.01. The van der Waals surface area contributed by atoms with Crippen molar-refractivity contribution in [2.24, 2.45) is 14.1 Å². The van der Waals surface area contributed by atoms with E-state index in [1.165, 1.54) is 82.2 Å². The van der Waals surface area contributed by atoms with Gasteiger partial charge in [0.15, 0.2) is 0 Å². The van der Waals surface area contributed by atoms with Crippen molar-refractivity contribution < 1.29 is 0 Å². The molecule has 0 fully saturated rings. The van der Waals surface area contributed by atoms with Crippen molar-refractivity contribution in [3.05, 3.63) is 182 Å². The Balaban J connectivity index is 1.02. The molecule has 256 valence electrons. The number of anilines is 3. The van der Waals surface area contributed by atoms with E-state index in [0.717, 1.165) is 17.1 Å². The van der Waals surface area contributed by atoms with Gasteiger partial charge >= 0.3 is 0 Å². The molecule has 0 atom stereocenters. The van der Waals surface area contributed by atoms with Crippen molar-refractivity contribution >= 4 is 82.5 Å². The van der Waals surface area contributed by atoms with Crippen LogP contribution < -0.4 is 4.90 Å². The molecule has 0 unspecified atom stereocenters. The first-order valence-electron chi connectivity index (χ1n) is 18.6.